The normalized spacial score (nSPS) is 15.5. The van der Waals surface area contributed by atoms with Crippen molar-refractivity contribution >= 4 is 51.5 Å². The fraction of sp³-hybridized carbons (Fsp3) is 0.321. The van der Waals surface area contributed by atoms with E-state index in [0.29, 0.717) is 18.1 Å². The minimum Gasteiger partial charge on any atom is -0.376 e. The molecular formula is C28H28ClN3O2S2. The molecule has 1 saturated heterocycles. The highest BCUT2D eigenvalue weighted by Crippen LogP contribution is 2.30. The molecule has 1 atom stereocenters. The lowest BCUT2D eigenvalue weighted by Gasteiger charge is -2.26. The van der Waals surface area contributed by atoms with Crippen molar-refractivity contribution < 1.29 is 9.53 Å². The van der Waals surface area contributed by atoms with Crippen LogP contribution in [0, 0.1) is 6.92 Å². The Bertz CT molecular complexity index is 1370. The number of nitrogens with zero attached hydrogens (tertiary/aromatic N) is 3. The van der Waals surface area contributed by atoms with E-state index in [1.54, 1.807) is 23.1 Å². The lowest BCUT2D eigenvalue weighted by molar-refractivity contribution is -0.132. The van der Waals surface area contributed by atoms with Gasteiger partial charge in [-0.3, -0.25) is 4.79 Å². The molecule has 8 heteroatoms. The van der Waals surface area contributed by atoms with E-state index in [1.807, 2.05) is 41.5 Å². The number of thioether (sulfide) groups is 1. The van der Waals surface area contributed by atoms with Gasteiger partial charge in [0.25, 0.3) is 0 Å². The van der Waals surface area contributed by atoms with Crippen molar-refractivity contribution in [2.75, 3.05) is 19.4 Å². The van der Waals surface area contributed by atoms with E-state index in [-0.39, 0.29) is 18.4 Å². The first kappa shape index (κ1) is 25.2. The molecule has 0 saturated carbocycles. The van der Waals surface area contributed by atoms with Gasteiger partial charge < -0.3 is 9.64 Å². The molecule has 0 N–H and O–H groups in total. The summed E-state index contributed by atoms with van der Waals surface area (Å²) in [4.78, 5) is 26.2. The largest absolute Gasteiger partial charge is 0.376 e. The van der Waals surface area contributed by atoms with Crippen LogP contribution in [-0.2, 0) is 22.5 Å². The van der Waals surface area contributed by atoms with Gasteiger partial charge in [0.2, 0.25) is 5.91 Å². The zero-order chi connectivity index (χ0) is 25.1. The van der Waals surface area contributed by atoms with Crippen LogP contribution < -0.4 is 0 Å². The van der Waals surface area contributed by atoms with E-state index < -0.39 is 0 Å². The third-order valence-electron chi connectivity index (χ3n) is 6.38. The minimum absolute atomic E-state index is 0.0516. The van der Waals surface area contributed by atoms with Crippen molar-refractivity contribution in [1.29, 1.82) is 0 Å². The molecule has 1 aliphatic heterocycles. The molecule has 36 heavy (non-hydrogen) atoms. The number of aryl methyl sites for hydroxylation is 1. The molecule has 1 fully saturated rings. The van der Waals surface area contributed by atoms with Gasteiger partial charge in [-0.25, -0.2) is 9.97 Å². The molecule has 3 heterocycles. The standard InChI is InChI=1S/C28H28ClN3O2S2/c1-18-30-23(17-36-18)13-27(33)32(16-24-4-3-11-34-24)15-21-12-20-7-10-25(35-2)14-26(20)31-28(21)19-5-8-22(29)9-6-19/h5-10,12,14,17,24H,3-4,11,13,15-16H2,1-2H3. The second-order valence-electron chi connectivity index (χ2n) is 9.01. The summed E-state index contributed by atoms with van der Waals surface area (Å²) in [7, 11) is 0. The molecule has 2 aromatic carbocycles. The number of carbonyl (C=O) groups is 1. The summed E-state index contributed by atoms with van der Waals surface area (Å²) in [6, 6.07) is 16.2. The fourth-order valence-corrected chi connectivity index (χ4v) is 5.72. The van der Waals surface area contributed by atoms with Gasteiger partial charge in [0.15, 0.2) is 0 Å². The Morgan fingerprint density at radius 3 is 2.72 bits per heavy atom. The molecule has 1 amide bonds. The van der Waals surface area contributed by atoms with Crippen LogP contribution in [0.5, 0.6) is 0 Å². The minimum atomic E-state index is 0.0516. The Morgan fingerprint density at radius 1 is 1.19 bits per heavy atom. The number of hydrogen-bond donors (Lipinski definition) is 0. The summed E-state index contributed by atoms with van der Waals surface area (Å²) in [6.07, 6.45) is 4.41. The quantitative estimate of drug-likeness (QED) is 0.231. The molecule has 186 valence electrons. The average Bonchev–Trinajstić information content (AvgIpc) is 3.55. The number of hydrogen-bond acceptors (Lipinski definition) is 6. The van der Waals surface area contributed by atoms with E-state index in [4.69, 9.17) is 21.3 Å². The molecule has 0 bridgehead atoms. The van der Waals surface area contributed by atoms with E-state index >= 15 is 0 Å². The second kappa shape index (κ2) is 11.3. The van der Waals surface area contributed by atoms with Crippen LogP contribution in [-0.4, -0.2) is 46.3 Å². The monoisotopic (exact) mass is 537 g/mol. The number of rotatable bonds is 8. The van der Waals surface area contributed by atoms with Crippen molar-refractivity contribution in [3.63, 3.8) is 0 Å². The summed E-state index contributed by atoms with van der Waals surface area (Å²) in [5.41, 5.74) is 4.60. The van der Waals surface area contributed by atoms with Crippen molar-refractivity contribution in [2.24, 2.45) is 0 Å². The summed E-state index contributed by atoms with van der Waals surface area (Å²) in [6.45, 7) is 3.73. The summed E-state index contributed by atoms with van der Waals surface area (Å²) < 4.78 is 5.91. The number of amides is 1. The van der Waals surface area contributed by atoms with E-state index in [2.05, 4.69) is 35.5 Å². The van der Waals surface area contributed by atoms with Crippen molar-refractivity contribution in [3.05, 3.63) is 75.2 Å². The van der Waals surface area contributed by atoms with Gasteiger partial charge in [0.1, 0.15) is 0 Å². The van der Waals surface area contributed by atoms with Crippen molar-refractivity contribution in [2.45, 2.75) is 43.7 Å². The highest BCUT2D eigenvalue weighted by atomic mass is 35.5. The smallest absolute Gasteiger partial charge is 0.229 e. The first-order valence-corrected chi connectivity index (χ1v) is 14.5. The maximum atomic E-state index is 13.5. The predicted molar refractivity (Wildman–Crippen MR) is 149 cm³/mol. The summed E-state index contributed by atoms with van der Waals surface area (Å²) >= 11 is 9.45. The van der Waals surface area contributed by atoms with Gasteiger partial charge in [0, 0.05) is 45.9 Å². The number of fused-ring (bicyclic) bond motifs is 1. The number of thiazole rings is 1. The maximum absolute atomic E-state index is 13.5. The number of pyridine rings is 1. The zero-order valence-electron chi connectivity index (χ0n) is 20.4. The Kier molecular flexibility index (Phi) is 7.91. The van der Waals surface area contributed by atoms with Gasteiger partial charge in [-0.15, -0.1) is 23.1 Å². The van der Waals surface area contributed by atoms with Gasteiger partial charge in [0.05, 0.1) is 34.4 Å². The summed E-state index contributed by atoms with van der Waals surface area (Å²) in [5, 5.41) is 4.67. The zero-order valence-corrected chi connectivity index (χ0v) is 22.8. The van der Waals surface area contributed by atoms with Crippen LogP contribution in [0.25, 0.3) is 22.2 Å². The maximum Gasteiger partial charge on any atom is 0.229 e. The molecular weight excluding hydrogens is 510 g/mol. The Labute approximate surface area is 224 Å². The van der Waals surface area contributed by atoms with Crippen LogP contribution in [0.2, 0.25) is 5.02 Å². The molecule has 5 rings (SSSR count). The lowest BCUT2D eigenvalue weighted by atomic mass is 10.0. The van der Waals surface area contributed by atoms with Crippen molar-refractivity contribution in [3.8, 4) is 11.3 Å². The Morgan fingerprint density at radius 2 is 2.03 bits per heavy atom. The number of aromatic nitrogens is 2. The van der Waals surface area contributed by atoms with Crippen LogP contribution in [0.1, 0.15) is 29.1 Å². The molecule has 2 aromatic heterocycles. The second-order valence-corrected chi connectivity index (χ2v) is 11.4. The predicted octanol–water partition coefficient (Wildman–Crippen LogP) is 6.79. The van der Waals surface area contributed by atoms with Gasteiger partial charge in [-0.2, -0.15) is 0 Å². The van der Waals surface area contributed by atoms with E-state index in [0.717, 1.165) is 57.9 Å². The number of benzene rings is 2. The Balaban J connectivity index is 1.53. The molecule has 0 radical (unpaired) electrons. The molecule has 0 aliphatic carbocycles. The average molecular weight is 538 g/mol. The van der Waals surface area contributed by atoms with E-state index in [9.17, 15) is 4.79 Å². The third kappa shape index (κ3) is 5.92. The highest BCUT2D eigenvalue weighted by Gasteiger charge is 2.25. The fourth-order valence-electron chi connectivity index (χ4n) is 4.55. The first-order valence-electron chi connectivity index (χ1n) is 12.0. The molecule has 0 spiro atoms. The van der Waals surface area contributed by atoms with Crippen LogP contribution in [0.15, 0.2) is 58.8 Å². The van der Waals surface area contributed by atoms with E-state index in [1.165, 1.54) is 4.90 Å². The number of carbonyl (C=O) groups excluding carboxylic acids is 1. The molecule has 5 nitrogen and oxygen atoms in total. The lowest BCUT2D eigenvalue weighted by Crippen LogP contribution is -2.38. The van der Waals surface area contributed by atoms with Crippen LogP contribution >= 0.6 is 34.7 Å². The highest BCUT2D eigenvalue weighted by molar-refractivity contribution is 7.98. The molecule has 1 aliphatic rings. The third-order valence-corrected chi connectivity index (χ3v) is 8.18. The van der Waals surface area contributed by atoms with Gasteiger partial charge in [-0.05, 0) is 61.9 Å². The van der Waals surface area contributed by atoms with Gasteiger partial charge >= 0.3 is 0 Å². The van der Waals surface area contributed by atoms with Crippen LogP contribution in [0.4, 0.5) is 0 Å². The Hall–Kier alpha value is -2.45. The number of ether oxygens (including phenoxy) is 1. The first-order chi connectivity index (χ1) is 17.5. The van der Waals surface area contributed by atoms with Gasteiger partial charge in [-0.1, -0.05) is 29.8 Å². The topological polar surface area (TPSA) is 55.3 Å². The molecule has 1 unspecified atom stereocenters. The van der Waals surface area contributed by atoms with Crippen LogP contribution in [0.3, 0.4) is 0 Å². The molecule has 4 aromatic rings. The SMILES string of the molecule is CSc1ccc2cc(CN(CC3CCCO3)C(=O)Cc3csc(C)n3)c(-c3ccc(Cl)cc3)nc2c1. The number of halogens is 1. The van der Waals surface area contributed by atoms with Crippen molar-refractivity contribution in [1.82, 2.24) is 14.9 Å². The summed E-state index contributed by atoms with van der Waals surface area (Å²) in [5.74, 6) is 0.0516.